The zero-order chi connectivity index (χ0) is 17.4. The second-order valence-corrected chi connectivity index (χ2v) is 5.55. The van der Waals surface area contributed by atoms with E-state index >= 15 is 0 Å². The number of hydrogen-bond donors (Lipinski definition) is 1. The molecular formula is C16H15N5O4. The van der Waals surface area contributed by atoms with Crippen LogP contribution in [0.4, 0.5) is 6.01 Å². The van der Waals surface area contributed by atoms with Gasteiger partial charge in [0.1, 0.15) is 11.8 Å². The molecule has 128 valence electrons. The molecule has 4 rings (SSSR count). The lowest BCUT2D eigenvalue weighted by Gasteiger charge is -2.30. The van der Waals surface area contributed by atoms with E-state index in [1.54, 1.807) is 43.0 Å². The SMILES string of the molecule is CC1Oc2ccccc2OC1C(=O)Nc1nnc(-c2ccnn2C)o1. The van der Waals surface area contributed by atoms with Gasteiger partial charge in [0.05, 0.1) is 0 Å². The maximum absolute atomic E-state index is 12.5. The summed E-state index contributed by atoms with van der Waals surface area (Å²) in [5.41, 5.74) is 0.646. The summed E-state index contributed by atoms with van der Waals surface area (Å²) in [4.78, 5) is 12.5. The van der Waals surface area contributed by atoms with Crippen LogP contribution in [0, 0.1) is 0 Å². The van der Waals surface area contributed by atoms with Gasteiger partial charge in [0.15, 0.2) is 11.5 Å². The Morgan fingerprint density at radius 2 is 1.92 bits per heavy atom. The van der Waals surface area contributed by atoms with Crippen LogP contribution in [0.15, 0.2) is 40.9 Å². The maximum Gasteiger partial charge on any atom is 0.322 e. The molecule has 1 N–H and O–H groups in total. The first-order chi connectivity index (χ1) is 12.1. The highest BCUT2D eigenvalue weighted by molar-refractivity contribution is 5.93. The number of anilines is 1. The number of nitrogens with one attached hydrogen (secondary N) is 1. The zero-order valence-electron chi connectivity index (χ0n) is 13.5. The molecule has 1 aromatic carbocycles. The third-order valence-electron chi connectivity index (χ3n) is 3.80. The zero-order valence-corrected chi connectivity index (χ0v) is 13.5. The van der Waals surface area contributed by atoms with E-state index in [1.165, 1.54) is 0 Å². The van der Waals surface area contributed by atoms with Gasteiger partial charge in [-0.25, -0.2) is 0 Å². The summed E-state index contributed by atoms with van der Waals surface area (Å²) in [7, 11) is 1.75. The molecule has 1 aliphatic rings. The van der Waals surface area contributed by atoms with Gasteiger partial charge in [-0.3, -0.25) is 14.8 Å². The summed E-state index contributed by atoms with van der Waals surface area (Å²) < 4.78 is 18.5. The summed E-state index contributed by atoms with van der Waals surface area (Å²) in [6.45, 7) is 1.76. The first-order valence-corrected chi connectivity index (χ1v) is 7.67. The number of ether oxygens (including phenoxy) is 2. The predicted molar refractivity (Wildman–Crippen MR) is 86.1 cm³/mol. The highest BCUT2D eigenvalue weighted by Gasteiger charge is 2.34. The average molecular weight is 341 g/mol. The van der Waals surface area contributed by atoms with E-state index in [0.717, 1.165) is 0 Å². The normalized spacial score (nSPS) is 18.8. The molecule has 9 nitrogen and oxygen atoms in total. The number of aromatic nitrogens is 4. The quantitative estimate of drug-likeness (QED) is 0.772. The van der Waals surface area contributed by atoms with Crippen molar-refractivity contribution < 1.29 is 18.7 Å². The molecule has 3 heterocycles. The minimum absolute atomic E-state index is 0.0177. The van der Waals surface area contributed by atoms with Crippen LogP contribution >= 0.6 is 0 Å². The molecule has 25 heavy (non-hydrogen) atoms. The number of carbonyl (C=O) groups is 1. The minimum atomic E-state index is -0.832. The van der Waals surface area contributed by atoms with Crippen molar-refractivity contribution in [1.29, 1.82) is 0 Å². The number of nitrogens with zero attached hydrogens (tertiary/aromatic N) is 4. The molecule has 0 radical (unpaired) electrons. The molecule has 1 amide bonds. The lowest BCUT2D eigenvalue weighted by molar-refractivity contribution is -0.128. The lowest BCUT2D eigenvalue weighted by Crippen LogP contribution is -2.46. The third kappa shape index (κ3) is 2.80. The van der Waals surface area contributed by atoms with Crippen LogP contribution in [0.1, 0.15) is 6.92 Å². The molecule has 2 unspecified atom stereocenters. The highest BCUT2D eigenvalue weighted by atomic mass is 16.6. The highest BCUT2D eigenvalue weighted by Crippen LogP contribution is 2.33. The molecule has 3 aromatic rings. The third-order valence-corrected chi connectivity index (χ3v) is 3.80. The Balaban J connectivity index is 1.49. The van der Waals surface area contributed by atoms with Crippen molar-refractivity contribution in [1.82, 2.24) is 20.0 Å². The van der Waals surface area contributed by atoms with Gasteiger partial charge in [-0.1, -0.05) is 17.2 Å². The Kier molecular flexibility index (Phi) is 3.60. The van der Waals surface area contributed by atoms with Crippen molar-refractivity contribution in [2.24, 2.45) is 7.05 Å². The van der Waals surface area contributed by atoms with E-state index in [1.807, 2.05) is 12.1 Å². The molecule has 0 bridgehead atoms. The standard InChI is InChI=1S/C16H15N5O4/c1-9-13(24-12-6-4-3-5-11(12)23-9)14(22)18-16-20-19-15(25-16)10-7-8-17-21(10)2/h3-9,13H,1-2H3,(H,18,20,22). The van der Waals surface area contributed by atoms with E-state index in [9.17, 15) is 4.79 Å². The van der Waals surface area contributed by atoms with Crippen LogP contribution in [0.3, 0.4) is 0 Å². The number of aryl methyl sites for hydroxylation is 1. The van der Waals surface area contributed by atoms with Gasteiger partial charge in [-0.15, -0.1) is 5.10 Å². The fraction of sp³-hybridized carbons (Fsp3) is 0.250. The number of amides is 1. The van der Waals surface area contributed by atoms with Crippen molar-refractivity contribution in [2.75, 3.05) is 5.32 Å². The summed E-state index contributed by atoms with van der Waals surface area (Å²) >= 11 is 0. The number of fused-ring (bicyclic) bond motifs is 1. The molecule has 0 aliphatic carbocycles. The van der Waals surface area contributed by atoms with E-state index in [4.69, 9.17) is 13.9 Å². The van der Waals surface area contributed by atoms with E-state index in [2.05, 4.69) is 20.6 Å². The first kappa shape index (κ1) is 15.2. The van der Waals surface area contributed by atoms with Crippen molar-refractivity contribution in [3.8, 4) is 23.1 Å². The van der Waals surface area contributed by atoms with Gasteiger partial charge >= 0.3 is 6.01 Å². The van der Waals surface area contributed by atoms with Gasteiger partial charge < -0.3 is 13.9 Å². The molecule has 2 atom stereocenters. The Morgan fingerprint density at radius 1 is 1.16 bits per heavy atom. The number of rotatable bonds is 3. The predicted octanol–water partition coefficient (Wildman–Crippen LogP) is 1.64. The summed E-state index contributed by atoms with van der Waals surface area (Å²) in [5, 5.41) is 14.3. The Bertz CT molecular complexity index is 919. The monoisotopic (exact) mass is 341 g/mol. The number of para-hydroxylation sites is 2. The summed E-state index contributed by atoms with van der Waals surface area (Å²) in [6, 6.07) is 8.90. The van der Waals surface area contributed by atoms with Gasteiger partial charge in [0.2, 0.25) is 6.10 Å². The van der Waals surface area contributed by atoms with Gasteiger partial charge in [-0.2, -0.15) is 5.10 Å². The Hall–Kier alpha value is -3.36. The van der Waals surface area contributed by atoms with Crippen molar-refractivity contribution in [2.45, 2.75) is 19.1 Å². The van der Waals surface area contributed by atoms with Crippen LogP contribution in [0.2, 0.25) is 0 Å². The van der Waals surface area contributed by atoms with Gasteiger partial charge in [-0.05, 0) is 25.1 Å². The lowest BCUT2D eigenvalue weighted by atomic mass is 10.1. The van der Waals surface area contributed by atoms with E-state index in [0.29, 0.717) is 17.2 Å². The second kappa shape index (κ2) is 5.93. The maximum atomic E-state index is 12.5. The van der Waals surface area contributed by atoms with E-state index < -0.39 is 18.1 Å². The number of benzene rings is 1. The van der Waals surface area contributed by atoms with Crippen LogP contribution in [-0.4, -0.2) is 38.1 Å². The number of carbonyl (C=O) groups excluding carboxylic acids is 1. The van der Waals surface area contributed by atoms with Crippen LogP contribution in [-0.2, 0) is 11.8 Å². The van der Waals surface area contributed by atoms with Crippen molar-refractivity contribution >= 4 is 11.9 Å². The van der Waals surface area contributed by atoms with Gasteiger partial charge in [0, 0.05) is 13.2 Å². The number of hydrogen-bond acceptors (Lipinski definition) is 7. The topological polar surface area (TPSA) is 104 Å². The van der Waals surface area contributed by atoms with Crippen molar-refractivity contribution in [3.63, 3.8) is 0 Å². The minimum Gasteiger partial charge on any atom is -0.482 e. The molecule has 9 heteroatoms. The van der Waals surface area contributed by atoms with Crippen molar-refractivity contribution in [3.05, 3.63) is 36.5 Å². The Labute approximate surface area is 142 Å². The molecule has 2 aromatic heterocycles. The molecular weight excluding hydrogens is 326 g/mol. The molecule has 0 saturated carbocycles. The van der Waals surface area contributed by atoms with Crippen LogP contribution < -0.4 is 14.8 Å². The first-order valence-electron chi connectivity index (χ1n) is 7.67. The van der Waals surface area contributed by atoms with Crippen LogP contribution in [0.5, 0.6) is 11.5 Å². The molecule has 0 spiro atoms. The second-order valence-electron chi connectivity index (χ2n) is 5.55. The average Bonchev–Trinajstić information content (AvgIpc) is 3.22. The Morgan fingerprint density at radius 3 is 2.64 bits per heavy atom. The smallest absolute Gasteiger partial charge is 0.322 e. The van der Waals surface area contributed by atoms with E-state index in [-0.39, 0.29) is 11.9 Å². The molecule has 0 fully saturated rings. The fourth-order valence-electron chi connectivity index (χ4n) is 2.54. The summed E-state index contributed by atoms with van der Waals surface area (Å²) in [6.07, 6.45) is 0.320. The van der Waals surface area contributed by atoms with Gasteiger partial charge in [0.25, 0.3) is 11.8 Å². The fourth-order valence-corrected chi connectivity index (χ4v) is 2.54. The summed E-state index contributed by atoms with van der Waals surface area (Å²) in [5.74, 6) is 0.953. The molecule has 1 aliphatic heterocycles. The molecule has 0 saturated heterocycles. The largest absolute Gasteiger partial charge is 0.482 e. The van der Waals surface area contributed by atoms with Crippen LogP contribution in [0.25, 0.3) is 11.6 Å².